The largest absolute Gasteiger partial charge is 0.389 e. The van der Waals surface area contributed by atoms with Gasteiger partial charge in [-0.15, -0.1) is 11.3 Å². The molecule has 11 heteroatoms. The molecule has 0 saturated carbocycles. The Bertz CT molecular complexity index is 1400. The number of aromatic amines is 1. The molecule has 1 fully saturated rings. The van der Waals surface area contributed by atoms with Crippen molar-refractivity contribution in [3.63, 3.8) is 0 Å². The van der Waals surface area contributed by atoms with Gasteiger partial charge in [0.25, 0.3) is 11.5 Å². The van der Waals surface area contributed by atoms with Crippen LogP contribution in [-0.2, 0) is 30.3 Å². The van der Waals surface area contributed by atoms with Crippen LogP contribution in [0.5, 0.6) is 0 Å². The first-order valence-electron chi connectivity index (χ1n) is 11.7. The fourth-order valence-electron chi connectivity index (χ4n) is 4.44. The first kappa shape index (κ1) is 25.3. The molecule has 3 aromatic heterocycles. The summed E-state index contributed by atoms with van der Waals surface area (Å²) < 4.78 is 2.64. The fraction of sp³-hybridized carbons (Fsp3) is 0.583. The molecule has 0 unspecified atom stereocenters. The molecule has 0 spiro atoms. The van der Waals surface area contributed by atoms with E-state index in [1.807, 2.05) is 20.8 Å². The standard InChI is InChI=1S/C24H33N5O5S/c1-12(2)9-28-22-18(20(31)27(7)23(28)33)17(21(32)29-10-14(30)11-34-29)16(35-22)8-15-13(3)25-26-19(15)24(4,5)6/h12,14,30H,8-11H2,1-7H3,(H,25,26)/t14-/m0/s1. The number of carbonyl (C=O) groups is 1. The van der Waals surface area contributed by atoms with Gasteiger partial charge in [0.15, 0.2) is 0 Å². The second kappa shape index (κ2) is 9.03. The van der Waals surface area contributed by atoms with Crippen molar-refractivity contribution in [1.82, 2.24) is 24.4 Å². The number of rotatable bonds is 5. The number of H-pyrrole nitrogens is 1. The molecule has 0 aliphatic carbocycles. The number of nitrogens with zero attached hydrogens (tertiary/aromatic N) is 4. The van der Waals surface area contributed by atoms with Crippen LogP contribution >= 0.6 is 11.3 Å². The molecule has 1 atom stereocenters. The topological polar surface area (TPSA) is 122 Å². The zero-order valence-corrected chi connectivity index (χ0v) is 22.1. The Morgan fingerprint density at radius 1 is 1.31 bits per heavy atom. The van der Waals surface area contributed by atoms with Gasteiger partial charge < -0.3 is 5.11 Å². The van der Waals surface area contributed by atoms with E-state index in [1.54, 1.807) is 4.57 Å². The van der Waals surface area contributed by atoms with E-state index >= 15 is 0 Å². The van der Waals surface area contributed by atoms with Crippen LogP contribution in [0.15, 0.2) is 9.59 Å². The number of fused-ring (bicyclic) bond motifs is 1. The number of aryl methyl sites for hydroxylation is 1. The van der Waals surface area contributed by atoms with Crippen LogP contribution in [-0.4, -0.2) is 54.7 Å². The van der Waals surface area contributed by atoms with E-state index in [9.17, 15) is 19.5 Å². The third-order valence-electron chi connectivity index (χ3n) is 6.15. The highest BCUT2D eigenvalue weighted by Gasteiger charge is 2.34. The lowest BCUT2D eigenvalue weighted by Gasteiger charge is -2.18. The average molecular weight is 504 g/mol. The predicted molar refractivity (Wildman–Crippen MR) is 134 cm³/mol. The van der Waals surface area contributed by atoms with Crippen molar-refractivity contribution in [3.05, 3.63) is 48.2 Å². The van der Waals surface area contributed by atoms with Crippen molar-refractivity contribution in [2.45, 2.75) is 66.0 Å². The molecule has 4 rings (SSSR count). The summed E-state index contributed by atoms with van der Waals surface area (Å²) in [5.41, 5.74) is 1.77. The van der Waals surface area contributed by atoms with Crippen LogP contribution in [0.2, 0.25) is 0 Å². The van der Waals surface area contributed by atoms with Gasteiger partial charge in [-0.25, -0.2) is 9.86 Å². The third kappa shape index (κ3) is 4.48. The molecule has 1 aliphatic rings. The van der Waals surface area contributed by atoms with Crippen molar-refractivity contribution in [2.75, 3.05) is 13.2 Å². The molecule has 35 heavy (non-hydrogen) atoms. The van der Waals surface area contributed by atoms with E-state index in [1.165, 1.54) is 18.4 Å². The normalized spacial score (nSPS) is 16.7. The molecule has 0 bridgehead atoms. The van der Waals surface area contributed by atoms with Gasteiger partial charge in [0.1, 0.15) is 17.5 Å². The number of hydrogen-bond acceptors (Lipinski definition) is 7. The van der Waals surface area contributed by atoms with Crippen LogP contribution in [0.4, 0.5) is 0 Å². The quantitative estimate of drug-likeness (QED) is 0.550. The number of hydroxylamine groups is 2. The van der Waals surface area contributed by atoms with Crippen LogP contribution in [0.1, 0.15) is 66.8 Å². The average Bonchev–Trinajstić information content (AvgIpc) is 3.46. The Morgan fingerprint density at radius 2 is 2.00 bits per heavy atom. The van der Waals surface area contributed by atoms with Crippen LogP contribution in [0.25, 0.3) is 10.2 Å². The van der Waals surface area contributed by atoms with Gasteiger partial charge in [0.05, 0.1) is 23.2 Å². The molecule has 10 nitrogen and oxygen atoms in total. The molecular formula is C24H33N5O5S. The van der Waals surface area contributed by atoms with Gasteiger partial charge in [-0.05, 0) is 12.8 Å². The zero-order chi connectivity index (χ0) is 25.8. The number of β-amino-alcohol motifs (C(OH)–C–C–N with tert-alkyl or cyclic N) is 1. The highest BCUT2D eigenvalue weighted by Crippen LogP contribution is 2.35. The van der Waals surface area contributed by atoms with E-state index in [0.29, 0.717) is 22.7 Å². The summed E-state index contributed by atoms with van der Waals surface area (Å²) >= 11 is 1.29. The summed E-state index contributed by atoms with van der Waals surface area (Å²) in [6, 6.07) is 0. The van der Waals surface area contributed by atoms with Gasteiger partial charge in [0.2, 0.25) is 0 Å². The van der Waals surface area contributed by atoms with Gasteiger partial charge in [-0.1, -0.05) is 34.6 Å². The van der Waals surface area contributed by atoms with E-state index < -0.39 is 23.3 Å². The van der Waals surface area contributed by atoms with Gasteiger partial charge >= 0.3 is 5.69 Å². The smallest absolute Gasteiger partial charge is 0.331 e. The predicted octanol–water partition coefficient (Wildman–Crippen LogP) is 2.09. The lowest BCUT2D eigenvalue weighted by atomic mass is 9.87. The molecule has 0 radical (unpaired) electrons. The number of amides is 1. The molecule has 1 saturated heterocycles. The molecule has 3 aromatic rings. The van der Waals surface area contributed by atoms with Crippen LogP contribution in [0, 0.1) is 12.8 Å². The number of thiophene rings is 1. The van der Waals surface area contributed by atoms with Crippen molar-refractivity contribution in [1.29, 1.82) is 0 Å². The summed E-state index contributed by atoms with van der Waals surface area (Å²) in [6.07, 6.45) is -0.428. The lowest BCUT2D eigenvalue weighted by molar-refractivity contribution is -0.0778. The molecule has 1 amide bonds. The van der Waals surface area contributed by atoms with Crippen molar-refractivity contribution >= 4 is 27.5 Å². The van der Waals surface area contributed by atoms with E-state index in [0.717, 1.165) is 26.6 Å². The van der Waals surface area contributed by atoms with Crippen molar-refractivity contribution in [3.8, 4) is 0 Å². The van der Waals surface area contributed by atoms with Crippen molar-refractivity contribution < 1.29 is 14.7 Å². The second-order valence-electron chi connectivity index (χ2n) is 10.6. The maximum atomic E-state index is 13.7. The number of hydrogen-bond donors (Lipinski definition) is 2. The minimum atomic E-state index is -0.794. The van der Waals surface area contributed by atoms with E-state index in [2.05, 4.69) is 31.0 Å². The number of carbonyl (C=O) groups excluding carboxylic acids is 1. The summed E-state index contributed by atoms with van der Waals surface area (Å²) in [4.78, 5) is 46.7. The molecule has 4 heterocycles. The number of aliphatic hydroxyl groups excluding tert-OH is 1. The Kier molecular flexibility index (Phi) is 6.54. The Morgan fingerprint density at radius 3 is 2.57 bits per heavy atom. The maximum Gasteiger partial charge on any atom is 0.331 e. The van der Waals surface area contributed by atoms with Gasteiger partial charge in [-0.3, -0.25) is 28.7 Å². The maximum absolute atomic E-state index is 13.7. The summed E-state index contributed by atoms with van der Waals surface area (Å²) in [7, 11) is 1.43. The molecular weight excluding hydrogens is 470 g/mol. The Labute approximate surface area is 207 Å². The molecule has 2 N–H and O–H groups in total. The zero-order valence-electron chi connectivity index (χ0n) is 21.3. The monoisotopic (exact) mass is 503 g/mol. The number of aliphatic hydroxyl groups is 1. The third-order valence-corrected chi connectivity index (χ3v) is 7.37. The highest BCUT2D eigenvalue weighted by molar-refractivity contribution is 7.19. The lowest BCUT2D eigenvalue weighted by Crippen LogP contribution is -2.39. The van der Waals surface area contributed by atoms with Crippen molar-refractivity contribution in [2.24, 2.45) is 13.0 Å². The van der Waals surface area contributed by atoms with Crippen LogP contribution < -0.4 is 11.2 Å². The minimum absolute atomic E-state index is 0.00816. The second-order valence-corrected chi connectivity index (χ2v) is 11.7. The van der Waals surface area contributed by atoms with E-state index in [4.69, 9.17) is 4.84 Å². The fourth-order valence-corrected chi connectivity index (χ4v) is 5.74. The number of aromatic nitrogens is 4. The summed E-state index contributed by atoms with van der Waals surface area (Å²) in [5, 5.41) is 18.8. The highest BCUT2D eigenvalue weighted by atomic mass is 32.1. The first-order valence-corrected chi connectivity index (χ1v) is 12.5. The van der Waals surface area contributed by atoms with E-state index in [-0.39, 0.29) is 35.4 Å². The SMILES string of the molecule is Cc1[nH]nc(C(C)(C)C)c1Cc1sc2c(c1C(=O)N1C[C@H](O)CO1)c(=O)n(C)c(=O)n2CC(C)C. The Balaban J connectivity index is 2.01. The summed E-state index contributed by atoms with van der Waals surface area (Å²) in [6.45, 7) is 12.6. The Hall–Kier alpha value is -2.76. The van der Waals surface area contributed by atoms with Crippen LogP contribution in [0.3, 0.4) is 0 Å². The molecule has 0 aromatic carbocycles. The van der Waals surface area contributed by atoms with Gasteiger partial charge in [-0.2, -0.15) is 5.10 Å². The minimum Gasteiger partial charge on any atom is -0.389 e. The first-order chi connectivity index (χ1) is 16.3. The number of nitrogens with one attached hydrogen (secondary N) is 1. The summed E-state index contributed by atoms with van der Waals surface area (Å²) in [5.74, 6) is -0.341. The van der Waals surface area contributed by atoms with Gasteiger partial charge in [0, 0.05) is 41.6 Å². The molecule has 190 valence electrons. The molecule has 1 aliphatic heterocycles.